The smallest absolute Gasteiger partial charge is 0.462 e. The molecule has 0 aromatic carbocycles. The van der Waals surface area contributed by atoms with Crippen molar-refractivity contribution in [2.75, 3.05) is 13.2 Å². The van der Waals surface area contributed by atoms with Gasteiger partial charge in [-0.2, -0.15) is 0 Å². The summed E-state index contributed by atoms with van der Waals surface area (Å²) < 4.78 is 26.0. The molecule has 0 aromatic rings. The van der Waals surface area contributed by atoms with E-state index in [0.29, 0.717) is 12.8 Å². The number of phosphoric ester groups is 1. The van der Waals surface area contributed by atoms with E-state index >= 15 is 0 Å². The summed E-state index contributed by atoms with van der Waals surface area (Å²) >= 11 is 0. The summed E-state index contributed by atoms with van der Waals surface area (Å²) in [4.78, 5) is 42.6. The SMILES string of the molecule is CCCCC/C=C\C/C=C\C/C=C\CC(O)C(O)CCCC(=O)OC[C@H](COP(=O)(O)O)OC(=O)CCCCCCCCCC(C)C. The van der Waals surface area contributed by atoms with E-state index in [0.717, 1.165) is 44.4 Å². The summed E-state index contributed by atoms with van der Waals surface area (Å²) in [7, 11) is -4.81. The van der Waals surface area contributed by atoms with Crippen LogP contribution in [-0.2, 0) is 28.2 Å². The molecule has 4 N–H and O–H groups in total. The molecule has 0 amide bonds. The molecule has 0 spiro atoms. The molecule has 47 heavy (non-hydrogen) atoms. The molecule has 0 aliphatic heterocycles. The highest BCUT2D eigenvalue weighted by Gasteiger charge is 2.23. The molecule has 10 nitrogen and oxygen atoms in total. The first-order chi connectivity index (χ1) is 22.4. The van der Waals surface area contributed by atoms with Crippen molar-refractivity contribution in [3.63, 3.8) is 0 Å². The number of allylic oxidation sites excluding steroid dienone is 5. The Morgan fingerprint density at radius 3 is 1.91 bits per heavy atom. The fourth-order valence-corrected chi connectivity index (χ4v) is 5.08. The van der Waals surface area contributed by atoms with Gasteiger partial charge in [0.25, 0.3) is 0 Å². The van der Waals surface area contributed by atoms with Gasteiger partial charge in [-0.3, -0.25) is 14.1 Å². The Morgan fingerprint density at radius 2 is 1.28 bits per heavy atom. The Morgan fingerprint density at radius 1 is 0.681 bits per heavy atom. The van der Waals surface area contributed by atoms with Crippen LogP contribution in [0, 0.1) is 5.92 Å². The molecule has 3 atom stereocenters. The van der Waals surface area contributed by atoms with Gasteiger partial charge in [0.1, 0.15) is 6.61 Å². The monoisotopic (exact) mass is 688 g/mol. The van der Waals surface area contributed by atoms with Crippen LogP contribution in [0.1, 0.15) is 143 Å². The minimum absolute atomic E-state index is 0.0467. The summed E-state index contributed by atoms with van der Waals surface area (Å²) in [5.41, 5.74) is 0. The van der Waals surface area contributed by atoms with Crippen LogP contribution in [0.3, 0.4) is 0 Å². The average molecular weight is 689 g/mol. The third kappa shape index (κ3) is 32.5. The van der Waals surface area contributed by atoms with Crippen molar-refractivity contribution in [2.45, 2.75) is 161 Å². The second-order valence-electron chi connectivity index (χ2n) is 12.6. The van der Waals surface area contributed by atoms with Gasteiger partial charge in [0.05, 0.1) is 18.8 Å². The van der Waals surface area contributed by atoms with Crippen molar-refractivity contribution in [2.24, 2.45) is 5.92 Å². The zero-order valence-electron chi connectivity index (χ0n) is 29.3. The van der Waals surface area contributed by atoms with Gasteiger partial charge >= 0.3 is 19.8 Å². The molecule has 11 heteroatoms. The van der Waals surface area contributed by atoms with Crippen LogP contribution < -0.4 is 0 Å². The highest BCUT2D eigenvalue weighted by atomic mass is 31.2. The molecular weight excluding hydrogens is 623 g/mol. The van der Waals surface area contributed by atoms with E-state index in [1.807, 2.05) is 12.2 Å². The largest absolute Gasteiger partial charge is 0.469 e. The first kappa shape index (κ1) is 45.2. The predicted molar refractivity (Wildman–Crippen MR) is 187 cm³/mol. The van der Waals surface area contributed by atoms with E-state index in [4.69, 9.17) is 19.3 Å². The van der Waals surface area contributed by atoms with Gasteiger partial charge in [0.2, 0.25) is 0 Å². The number of hydrogen-bond acceptors (Lipinski definition) is 8. The lowest BCUT2D eigenvalue weighted by molar-refractivity contribution is -0.161. The van der Waals surface area contributed by atoms with Crippen molar-refractivity contribution in [3.8, 4) is 0 Å². The van der Waals surface area contributed by atoms with E-state index in [1.165, 1.54) is 44.9 Å². The number of hydrogen-bond donors (Lipinski definition) is 4. The molecule has 0 saturated heterocycles. The number of aliphatic hydroxyl groups is 2. The molecule has 0 rings (SSSR count). The van der Waals surface area contributed by atoms with Crippen LogP contribution in [0.4, 0.5) is 0 Å². The van der Waals surface area contributed by atoms with Gasteiger partial charge in [-0.05, 0) is 57.3 Å². The van der Waals surface area contributed by atoms with Crippen LogP contribution in [0.15, 0.2) is 36.5 Å². The third-order valence-electron chi connectivity index (χ3n) is 7.54. The van der Waals surface area contributed by atoms with Gasteiger partial charge in [-0.1, -0.05) is 115 Å². The second-order valence-corrected chi connectivity index (χ2v) is 13.9. The Kier molecular flexibility index (Phi) is 29.1. The van der Waals surface area contributed by atoms with Gasteiger partial charge in [-0.25, -0.2) is 4.57 Å². The lowest BCUT2D eigenvalue weighted by Gasteiger charge is -2.19. The summed E-state index contributed by atoms with van der Waals surface area (Å²) in [6, 6.07) is 0. The Balaban J connectivity index is 4.27. The maximum absolute atomic E-state index is 12.3. The molecule has 0 saturated carbocycles. The molecule has 274 valence electrons. The Hall–Kier alpha value is -1.81. The first-order valence-corrected chi connectivity index (χ1v) is 19.3. The zero-order chi connectivity index (χ0) is 35.2. The van der Waals surface area contributed by atoms with Gasteiger partial charge < -0.3 is 29.5 Å². The summed E-state index contributed by atoms with van der Waals surface area (Å²) in [5.74, 6) is -0.446. The molecule has 0 aromatic heterocycles. The molecule has 0 aliphatic rings. The quantitative estimate of drug-likeness (QED) is 0.0243. The topological polar surface area (TPSA) is 160 Å². The Bertz CT molecular complexity index is 911. The summed E-state index contributed by atoms with van der Waals surface area (Å²) in [6.45, 7) is 5.61. The van der Waals surface area contributed by atoms with Crippen molar-refractivity contribution in [1.29, 1.82) is 0 Å². The number of phosphoric acid groups is 1. The van der Waals surface area contributed by atoms with Crippen LogP contribution >= 0.6 is 7.82 Å². The van der Waals surface area contributed by atoms with Gasteiger partial charge in [-0.15, -0.1) is 0 Å². The van der Waals surface area contributed by atoms with E-state index in [1.54, 1.807) is 0 Å². The molecule has 2 unspecified atom stereocenters. The van der Waals surface area contributed by atoms with Crippen LogP contribution in [-0.4, -0.2) is 63.5 Å². The highest BCUT2D eigenvalue weighted by Crippen LogP contribution is 2.36. The fraction of sp³-hybridized carbons (Fsp3) is 0.778. The second kappa shape index (κ2) is 30.3. The van der Waals surface area contributed by atoms with Crippen molar-refractivity contribution >= 4 is 19.8 Å². The number of rotatable bonds is 31. The van der Waals surface area contributed by atoms with Crippen LogP contribution in [0.5, 0.6) is 0 Å². The minimum Gasteiger partial charge on any atom is -0.462 e. The van der Waals surface area contributed by atoms with E-state index in [2.05, 4.69) is 49.6 Å². The van der Waals surface area contributed by atoms with E-state index in [9.17, 15) is 24.4 Å². The van der Waals surface area contributed by atoms with Crippen molar-refractivity contribution in [1.82, 2.24) is 0 Å². The predicted octanol–water partition coefficient (Wildman–Crippen LogP) is 8.03. The Labute approximate surface area is 284 Å². The van der Waals surface area contributed by atoms with Crippen molar-refractivity contribution < 1.29 is 48.2 Å². The average Bonchev–Trinajstić information content (AvgIpc) is 3.01. The van der Waals surface area contributed by atoms with Gasteiger partial charge in [0, 0.05) is 12.8 Å². The highest BCUT2D eigenvalue weighted by molar-refractivity contribution is 7.46. The normalized spacial score (nSPS) is 14.4. The van der Waals surface area contributed by atoms with Crippen LogP contribution in [0.25, 0.3) is 0 Å². The maximum Gasteiger partial charge on any atom is 0.469 e. The third-order valence-corrected chi connectivity index (χ3v) is 8.03. The van der Waals surface area contributed by atoms with Crippen LogP contribution in [0.2, 0.25) is 0 Å². The lowest BCUT2D eigenvalue weighted by Crippen LogP contribution is -2.29. The van der Waals surface area contributed by atoms with E-state index < -0.39 is 51.3 Å². The minimum atomic E-state index is -4.81. The molecule has 0 heterocycles. The summed E-state index contributed by atoms with van der Waals surface area (Å²) in [6.07, 6.45) is 25.0. The molecule has 0 bridgehead atoms. The molecule has 0 aliphatic carbocycles. The first-order valence-electron chi connectivity index (χ1n) is 17.8. The lowest BCUT2D eigenvalue weighted by atomic mass is 10.0. The number of unbranched alkanes of at least 4 members (excludes halogenated alkanes) is 9. The number of ether oxygens (including phenoxy) is 2. The van der Waals surface area contributed by atoms with Gasteiger partial charge in [0.15, 0.2) is 6.10 Å². The number of carbonyl (C=O) groups is 2. The fourth-order valence-electron chi connectivity index (χ4n) is 4.72. The molecule has 0 fully saturated rings. The van der Waals surface area contributed by atoms with Crippen molar-refractivity contribution in [3.05, 3.63) is 36.5 Å². The standard InChI is InChI=1S/C36H65O10P/c1-4-5-6-7-8-9-10-11-12-15-18-21-25-33(37)34(38)26-23-28-35(39)44-29-32(30-45-47(41,42)43)46-36(40)27-22-19-16-13-14-17-20-24-31(2)3/h8-9,11-12,18,21,31-34,37-38H,4-7,10,13-17,19-20,22-30H2,1-3H3,(H2,41,42,43)/b9-8-,12-11-,21-18-/t32-,33?,34?/m1/s1. The number of carbonyl (C=O) groups excluding carboxylic acids is 2. The number of esters is 2. The number of aliphatic hydroxyl groups excluding tert-OH is 2. The molecule has 0 radical (unpaired) electrons. The summed E-state index contributed by atoms with van der Waals surface area (Å²) in [5, 5.41) is 20.4. The zero-order valence-corrected chi connectivity index (χ0v) is 30.2. The molecular formula is C36H65O10P. The maximum atomic E-state index is 12.3. The van der Waals surface area contributed by atoms with E-state index in [-0.39, 0.29) is 25.7 Å².